The number of hydrogen-bond acceptors (Lipinski definition) is 9. The molecule has 2 aromatic carbocycles. The topological polar surface area (TPSA) is 166 Å². The van der Waals surface area contributed by atoms with Crippen LogP contribution in [0.2, 0.25) is 0 Å². The lowest BCUT2D eigenvalue weighted by Gasteiger charge is -2.31. The summed E-state index contributed by atoms with van der Waals surface area (Å²) < 4.78 is 15.4. The number of alkyl carbamates (subject to hydrolysis) is 1. The van der Waals surface area contributed by atoms with Crippen LogP contribution < -0.4 is 15.4 Å². The molecule has 13 nitrogen and oxygen atoms in total. The molecule has 0 saturated carbocycles. The number of rotatable bonds is 9. The summed E-state index contributed by atoms with van der Waals surface area (Å²) in [6.45, 7) is 9.11. The summed E-state index contributed by atoms with van der Waals surface area (Å²) >= 11 is 0. The molecular weight excluding hydrogens is 548 g/mol. The third kappa shape index (κ3) is 9.18. The van der Waals surface area contributed by atoms with Gasteiger partial charge in [-0.25, -0.2) is 9.59 Å². The van der Waals surface area contributed by atoms with Gasteiger partial charge in [-0.2, -0.15) is 0 Å². The Hall–Kier alpha value is -4.68. The fourth-order valence-corrected chi connectivity index (χ4v) is 4.24. The van der Waals surface area contributed by atoms with E-state index in [1.165, 1.54) is 29.2 Å². The van der Waals surface area contributed by atoms with Crippen LogP contribution in [0.3, 0.4) is 0 Å². The molecule has 1 aliphatic heterocycles. The molecule has 3 rings (SSSR count). The average molecular weight is 585 g/mol. The van der Waals surface area contributed by atoms with E-state index >= 15 is 0 Å². The van der Waals surface area contributed by atoms with Gasteiger partial charge in [0.1, 0.15) is 30.0 Å². The van der Waals surface area contributed by atoms with E-state index < -0.39 is 34.9 Å². The minimum absolute atomic E-state index is 0.100. The molecule has 2 N–H and O–H groups in total. The maximum atomic E-state index is 13.4. The molecule has 3 amide bonds. The van der Waals surface area contributed by atoms with Crippen LogP contribution in [0.5, 0.6) is 5.75 Å². The molecule has 1 saturated heterocycles. The van der Waals surface area contributed by atoms with Gasteiger partial charge in [-0.15, -0.1) is 0 Å². The van der Waals surface area contributed by atoms with Crippen LogP contribution in [0.25, 0.3) is 0 Å². The van der Waals surface area contributed by atoms with Crippen LogP contribution in [0.1, 0.15) is 53.0 Å². The number of hydrogen-bond donors (Lipinski definition) is 2. The Morgan fingerprint density at radius 3 is 2.26 bits per heavy atom. The van der Waals surface area contributed by atoms with Gasteiger partial charge in [-0.1, -0.05) is 26.0 Å². The molecular formula is C29H36N4O9. The highest BCUT2D eigenvalue weighted by Gasteiger charge is 2.39. The monoisotopic (exact) mass is 584 g/mol. The molecule has 13 heteroatoms. The second kappa shape index (κ2) is 13.8. The lowest BCUT2D eigenvalue weighted by atomic mass is 10.0. The van der Waals surface area contributed by atoms with Crippen LogP contribution >= 0.6 is 0 Å². The van der Waals surface area contributed by atoms with Crippen molar-refractivity contribution in [1.29, 1.82) is 0 Å². The van der Waals surface area contributed by atoms with Crippen LogP contribution in [-0.2, 0) is 25.7 Å². The van der Waals surface area contributed by atoms with E-state index in [1.807, 2.05) is 13.8 Å². The van der Waals surface area contributed by atoms with Crippen LogP contribution in [0.4, 0.5) is 21.0 Å². The third-order valence-corrected chi connectivity index (χ3v) is 6.27. The first-order valence-electron chi connectivity index (χ1n) is 13.5. The Labute approximate surface area is 243 Å². The molecule has 2 atom stereocenters. The normalized spacial score (nSPS) is 15.5. The van der Waals surface area contributed by atoms with E-state index in [2.05, 4.69) is 10.6 Å². The van der Waals surface area contributed by atoms with Gasteiger partial charge in [-0.3, -0.25) is 19.7 Å². The second-order valence-electron chi connectivity index (χ2n) is 11.1. The summed E-state index contributed by atoms with van der Waals surface area (Å²) in [5, 5.41) is 16.2. The van der Waals surface area contributed by atoms with Crippen molar-refractivity contribution < 1.29 is 38.3 Å². The Kier molecular flexibility index (Phi) is 10.5. The smallest absolute Gasteiger partial charge is 0.444 e. The molecule has 0 aromatic heterocycles. The molecule has 2 aromatic rings. The van der Waals surface area contributed by atoms with Crippen LogP contribution in [0, 0.1) is 16.0 Å². The van der Waals surface area contributed by atoms with Gasteiger partial charge >= 0.3 is 12.2 Å². The van der Waals surface area contributed by atoms with E-state index in [4.69, 9.17) is 14.2 Å². The lowest BCUT2D eigenvalue weighted by Crippen LogP contribution is -2.55. The maximum Gasteiger partial charge on any atom is 0.514 e. The van der Waals surface area contributed by atoms with Crippen molar-refractivity contribution in [3.63, 3.8) is 0 Å². The van der Waals surface area contributed by atoms with Gasteiger partial charge in [0, 0.05) is 24.4 Å². The van der Waals surface area contributed by atoms with Crippen molar-refractivity contribution in [2.45, 2.75) is 71.8 Å². The summed E-state index contributed by atoms with van der Waals surface area (Å²) in [5.41, 5.74) is 0.263. The van der Waals surface area contributed by atoms with Crippen molar-refractivity contribution in [2.75, 3.05) is 11.9 Å². The first-order valence-corrected chi connectivity index (χ1v) is 13.5. The first kappa shape index (κ1) is 31.8. The van der Waals surface area contributed by atoms with Crippen molar-refractivity contribution in [3.05, 3.63) is 64.2 Å². The zero-order valence-electron chi connectivity index (χ0n) is 24.2. The third-order valence-electron chi connectivity index (χ3n) is 6.27. The number of nitrogens with one attached hydrogen (secondary N) is 2. The van der Waals surface area contributed by atoms with E-state index in [-0.39, 0.29) is 35.8 Å². The number of non-ortho nitro benzene ring substituents is 1. The summed E-state index contributed by atoms with van der Waals surface area (Å²) in [4.78, 5) is 62.5. The minimum atomic E-state index is -0.979. The molecule has 226 valence electrons. The van der Waals surface area contributed by atoms with E-state index in [9.17, 15) is 29.3 Å². The lowest BCUT2D eigenvalue weighted by molar-refractivity contribution is -0.384. The van der Waals surface area contributed by atoms with Crippen LogP contribution in [-0.4, -0.2) is 58.1 Å². The zero-order chi connectivity index (χ0) is 31.0. The van der Waals surface area contributed by atoms with Gasteiger partial charge < -0.3 is 29.7 Å². The Bertz CT molecular complexity index is 1290. The van der Waals surface area contributed by atoms with Crippen molar-refractivity contribution >= 4 is 35.4 Å². The number of anilines is 1. The zero-order valence-corrected chi connectivity index (χ0v) is 24.2. The largest absolute Gasteiger partial charge is 0.514 e. The SMILES string of the molecule is CC(C)[C@H](NC(=O)OC(C)(C)C)C(=O)N1CCC[C@H]1C(=O)Nc1ccc(COC(=O)Oc2ccc([N+](=O)[O-])cc2)cc1. The number of nitro benzene ring substituents is 1. The number of carbonyl (C=O) groups is 4. The molecule has 0 bridgehead atoms. The van der Waals surface area contributed by atoms with Crippen molar-refractivity contribution in [2.24, 2.45) is 5.92 Å². The van der Waals surface area contributed by atoms with Crippen molar-refractivity contribution in [3.8, 4) is 5.75 Å². The maximum absolute atomic E-state index is 13.4. The molecule has 0 unspecified atom stereocenters. The highest BCUT2D eigenvalue weighted by atomic mass is 16.7. The summed E-state index contributed by atoms with van der Waals surface area (Å²) in [6.07, 6.45) is -0.545. The van der Waals surface area contributed by atoms with Crippen molar-refractivity contribution in [1.82, 2.24) is 10.2 Å². The number of nitro groups is 1. The summed E-state index contributed by atoms with van der Waals surface area (Å²) in [5.74, 6) is -0.822. The number of ether oxygens (including phenoxy) is 3. The molecule has 42 heavy (non-hydrogen) atoms. The van der Waals surface area contributed by atoms with Gasteiger partial charge in [0.2, 0.25) is 11.8 Å². The number of likely N-dealkylation sites (tertiary alicyclic amines) is 1. The van der Waals surface area contributed by atoms with E-state index in [0.717, 1.165) is 0 Å². The van der Waals surface area contributed by atoms with Gasteiger partial charge in [0.15, 0.2) is 0 Å². The summed E-state index contributed by atoms with van der Waals surface area (Å²) in [7, 11) is 0. The fraction of sp³-hybridized carbons (Fsp3) is 0.448. The standard InChI is InChI=1S/C29H36N4O9/c1-18(2)24(31-27(36)42-29(3,4)5)26(35)32-16-6-7-23(32)25(34)30-20-10-8-19(9-11-20)17-40-28(37)41-22-14-12-21(13-15-22)33(38)39/h8-15,18,23-24H,6-7,16-17H2,1-5H3,(H,30,34)(H,31,36)/t23-,24-/m0/s1. The highest BCUT2D eigenvalue weighted by Crippen LogP contribution is 2.23. The highest BCUT2D eigenvalue weighted by molar-refractivity contribution is 5.98. The number of amides is 3. The van der Waals surface area contributed by atoms with Gasteiger partial charge in [0.25, 0.3) is 5.69 Å². The predicted octanol–water partition coefficient (Wildman–Crippen LogP) is 4.79. The summed E-state index contributed by atoms with van der Waals surface area (Å²) in [6, 6.07) is 10.0. The minimum Gasteiger partial charge on any atom is -0.444 e. The molecule has 1 heterocycles. The Balaban J connectivity index is 1.53. The number of carbonyl (C=O) groups excluding carboxylic acids is 4. The molecule has 0 spiro atoms. The quantitative estimate of drug-likeness (QED) is 0.182. The molecule has 1 fully saturated rings. The Morgan fingerprint density at radius 1 is 1.05 bits per heavy atom. The van der Waals surface area contributed by atoms with E-state index in [1.54, 1.807) is 45.0 Å². The second-order valence-corrected chi connectivity index (χ2v) is 11.1. The molecule has 1 aliphatic rings. The van der Waals surface area contributed by atoms with Gasteiger partial charge in [-0.05, 0) is 69.4 Å². The Morgan fingerprint density at radius 2 is 1.69 bits per heavy atom. The number of benzene rings is 2. The first-order chi connectivity index (χ1) is 19.7. The number of nitrogens with zero attached hydrogens (tertiary/aromatic N) is 2. The molecule has 0 radical (unpaired) electrons. The average Bonchev–Trinajstić information content (AvgIpc) is 3.40. The predicted molar refractivity (Wildman–Crippen MR) is 152 cm³/mol. The van der Waals surface area contributed by atoms with Gasteiger partial charge in [0.05, 0.1) is 4.92 Å². The van der Waals surface area contributed by atoms with E-state index in [0.29, 0.717) is 30.6 Å². The molecule has 0 aliphatic carbocycles. The fourth-order valence-electron chi connectivity index (χ4n) is 4.24. The van der Waals surface area contributed by atoms with Crippen LogP contribution in [0.15, 0.2) is 48.5 Å².